The number of rotatable bonds is 1. The van der Waals surface area contributed by atoms with Crippen LogP contribution in [-0.4, -0.2) is 17.8 Å². The maximum Gasteiger partial charge on any atom is 0.308 e. The molecule has 0 aromatic carbocycles. The highest BCUT2D eigenvalue weighted by Gasteiger charge is 1.89. The molecule has 0 aliphatic heterocycles. The lowest BCUT2D eigenvalue weighted by atomic mass is 10.1. The summed E-state index contributed by atoms with van der Waals surface area (Å²) in [5.74, 6) is 1.34. The Labute approximate surface area is 59.2 Å². The summed E-state index contributed by atoms with van der Waals surface area (Å²) in [7, 11) is 5.07. The first-order valence-electron chi connectivity index (χ1n) is 2.69. The first-order chi connectivity index (χ1) is 4.83. The first-order valence-corrected chi connectivity index (χ1v) is 2.69. The molecule has 1 rings (SSSR count). The second-order valence-corrected chi connectivity index (χ2v) is 1.64. The standard InChI is InChI=1S/C6H4BFN2/c7-2-1-5-3-9-6(8)10-4-5/h1-4H/b2-1+. The normalized spacial score (nSPS) is 10.5. The van der Waals surface area contributed by atoms with Gasteiger partial charge in [0.2, 0.25) is 0 Å². The van der Waals surface area contributed by atoms with Gasteiger partial charge in [-0.25, -0.2) is 9.97 Å². The molecular weight excluding hydrogens is 130 g/mol. The fraction of sp³-hybridized carbons (Fsp3) is 0. The minimum absolute atomic E-state index is 0.684. The third kappa shape index (κ3) is 1.65. The molecule has 0 fully saturated rings. The average Bonchev–Trinajstić information content (AvgIpc) is 1.95. The van der Waals surface area contributed by atoms with Gasteiger partial charge in [0.05, 0.1) is 0 Å². The van der Waals surface area contributed by atoms with Crippen LogP contribution in [0.15, 0.2) is 18.4 Å². The molecule has 2 radical (unpaired) electrons. The quantitative estimate of drug-likeness (QED) is 0.418. The monoisotopic (exact) mass is 134 g/mol. The maximum absolute atomic E-state index is 12.0. The van der Waals surface area contributed by atoms with Crippen molar-refractivity contribution in [1.29, 1.82) is 0 Å². The molecule has 10 heavy (non-hydrogen) atoms. The highest BCUT2D eigenvalue weighted by molar-refractivity contribution is 6.19. The lowest BCUT2D eigenvalue weighted by Crippen LogP contribution is -1.87. The zero-order valence-corrected chi connectivity index (χ0v) is 5.16. The molecule has 1 aromatic rings. The number of halogens is 1. The second-order valence-electron chi connectivity index (χ2n) is 1.64. The van der Waals surface area contributed by atoms with E-state index < -0.39 is 6.08 Å². The molecule has 0 spiro atoms. The van der Waals surface area contributed by atoms with Gasteiger partial charge in [-0.1, -0.05) is 6.08 Å². The van der Waals surface area contributed by atoms with Gasteiger partial charge in [-0.05, 0) is 0 Å². The molecule has 4 heteroatoms. The van der Waals surface area contributed by atoms with Gasteiger partial charge in [-0.3, -0.25) is 0 Å². The molecule has 0 unspecified atom stereocenters. The summed E-state index contributed by atoms with van der Waals surface area (Å²) >= 11 is 0. The van der Waals surface area contributed by atoms with E-state index in [1.165, 1.54) is 18.4 Å². The van der Waals surface area contributed by atoms with E-state index in [1.54, 1.807) is 6.08 Å². The minimum atomic E-state index is -0.728. The molecular formula is C6H4BFN2. The van der Waals surface area contributed by atoms with Gasteiger partial charge in [-0.2, -0.15) is 4.39 Å². The van der Waals surface area contributed by atoms with Crippen LogP contribution in [0.3, 0.4) is 0 Å². The van der Waals surface area contributed by atoms with E-state index in [1.807, 2.05) is 0 Å². The van der Waals surface area contributed by atoms with Crippen LogP contribution >= 0.6 is 0 Å². The molecule has 2 nitrogen and oxygen atoms in total. The molecule has 48 valence electrons. The number of hydrogen-bond acceptors (Lipinski definition) is 2. The van der Waals surface area contributed by atoms with Gasteiger partial charge < -0.3 is 0 Å². The fourth-order valence-corrected chi connectivity index (χ4v) is 0.519. The van der Waals surface area contributed by atoms with E-state index in [2.05, 4.69) is 9.97 Å². The molecule has 0 amide bonds. The van der Waals surface area contributed by atoms with Crippen LogP contribution in [0.2, 0.25) is 0 Å². The van der Waals surface area contributed by atoms with Crippen molar-refractivity contribution >= 4 is 13.9 Å². The largest absolute Gasteiger partial charge is 0.308 e. The Morgan fingerprint density at radius 3 is 2.50 bits per heavy atom. The maximum atomic E-state index is 12.0. The highest BCUT2D eigenvalue weighted by atomic mass is 19.1. The van der Waals surface area contributed by atoms with Crippen LogP contribution in [0.25, 0.3) is 6.08 Å². The van der Waals surface area contributed by atoms with E-state index in [0.717, 1.165) is 0 Å². The Morgan fingerprint density at radius 2 is 2.00 bits per heavy atom. The molecule has 0 saturated heterocycles. The van der Waals surface area contributed by atoms with E-state index in [-0.39, 0.29) is 0 Å². The molecule has 0 atom stereocenters. The zero-order valence-electron chi connectivity index (χ0n) is 5.16. The van der Waals surface area contributed by atoms with Crippen LogP contribution in [0.4, 0.5) is 4.39 Å². The van der Waals surface area contributed by atoms with Gasteiger partial charge in [0.1, 0.15) is 7.85 Å². The average molecular weight is 134 g/mol. The number of hydrogen-bond donors (Lipinski definition) is 0. The molecule has 0 bridgehead atoms. The van der Waals surface area contributed by atoms with Gasteiger partial charge in [0, 0.05) is 18.0 Å². The van der Waals surface area contributed by atoms with Crippen LogP contribution < -0.4 is 0 Å². The third-order valence-electron chi connectivity index (χ3n) is 0.929. The van der Waals surface area contributed by atoms with Crippen LogP contribution in [0.1, 0.15) is 5.56 Å². The van der Waals surface area contributed by atoms with Gasteiger partial charge >= 0.3 is 6.08 Å². The molecule has 0 N–H and O–H groups in total. The zero-order chi connectivity index (χ0) is 7.40. The third-order valence-corrected chi connectivity index (χ3v) is 0.929. The lowest BCUT2D eigenvalue weighted by molar-refractivity contribution is 0.538. The first kappa shape index (κ1) is 6.93. The Balaban J connectivity index is 2.89. The van der Waals surface area contributed by atoms with Crippen molar-refractivity contribution in [3.63, 3.8) is 0 Å². The van der Waals surface area contributed by atoms with Gasteiger partial charge in [0.25, 0.3) is 0 Å². The summed E-state index contributed by atoms with van der Waals surface area (Å²) in [5.41, 5.74) is 0.684. The number of aromatic nitrogens is 2. The second kappa shape index (κ2) is 3.10. The summed E-state index contributed by atoms with van der Waals surface area (Å²) < 4.78 is 12.0. The van der Waals surface area contributed by atoms with Gasteiger partial charge in [-0.15, -0.1) is 5.98 Å². The molecule has 0 aliphatic rings. The SMILES string of the molecule is [B]/C=C/c1cnc(F)nc1. The topological polar surface area (TPSA) is 25.8 Å². The predicted molar refractivity (Wildman–Crippen MR) is 36.8 cm³/mol. The Kier molecular flexibility index (Phi) is 2.15. The number of nitrogens with zero attached hydrogens (tertiary/aromatic N) is 2. The Bertz CT molecular complexity index is 232. The Morgan fingerprint density at radius 1 is 1.40 bits per heavy atom. The Hall–Kier alpha value is -1.19. The molecule has 0 aliphatic carbocycles. The lowest BCUT2D eigenvalue weighted by Gasteiger charge is -1.88. The summed E-state index contributed by atoms with van der Waals surface area (Å²) in [6.07, 6.45) is 3.56. The van der Waals surface area contributed by atoms with Crippen LogP contribution in [0, 0.1) is 6.08 Å². The molecule has 0 saturated carbocycles. The highest BCUT2D eigenvalue weighted by Crippen LogP contribution is 1.96. The summed E-state index contributed by atoms with van der Waals surface area (Å²) in [5, 5.41) is 0. The van der Waals surface area contributed by atoms with Crippen LogP contribution in [0.5, 0.6) is 0 Å². The van der Waals surface area contributed by atoms with Crippen molar-refractivity contribution < 1.29 is 4.39 Å². The van der Waals surface area contributed by atoms with Crippen molar-refractivity contribution in [1.82, 2.24) is 9.97 Å². The van der Waals surface area contributed by atoms with Crippen molar-refractivity contribution in [2.75, 3.05) is 0 Å². The van der Waals surface area contributed by atoms with Crippen molar-refractivity contribution in [3.05, 3.63) is 30.0 Å². The predicted octanol–water partition coefficient (Wildman–Crippen LogP) is 0.755. The fourth-order valence-electron chi connectivity index (χ4n) is 0.519. The summed E-state index contributed by atoms with van der Waals surface area (Å²) in [6, 6.07) is 0. The summed E-state index contributed by atoms with van der Waals surface area (Å²) in [4.78, 5) is 6.63. The van der Waals surface area contributed by atoms with Gasteiger partial charge in [0.15, 0.2) is 0 Å². The van der Waals surface area contributed by atoms with Crippen molar-refractivity contribution in [2.24, 2.45) is 0 Å². The van der Waals surface area contributed by atoms with E-state index >= 15 is 0 Å². The smallest absolute Gasteiger partial charge is 0.210 e. The van der Waals surface area contributed by atoms with E-state index in [9.17, 15) is 4.39 Å². The van der Waals surface area contributed by atoms with Crippen molar-refractivity contribution in [2.45, 2.75) is 0 Å². The molecule has 1 heterocycles. The van der Waals surface area contributed by atoms with E-state index in [4.69, 9.17) is 7.85 Å². The van der Waals surface area contributed by atoms with Crippen molar-refractivity contribution in [3.8, 4) is 0 Å². The summed E-state index contributed by atoms with van der Waals surface area (Å²) in [6.45, 7) is 0. The molecule has 1 aromatic heterocycles. The minimum Gasteiger partial charge on any atom is -0.210 e. The van der Waals surface area contributed by atoms with Crippen LogP contribution in [-0.2, 0) is 0 Å². The van der Waals surface area contributed by atoms with E-state index in [0.29, 0.717) is 5.56 Å².